The average Bonchev–Trinajstić information content (AvgIpc) is 2.58. The molecule has 0 aliphatic heterocycles. The third kappa shape index (κ3) is 5.09. The third-order valence-electron chi connectivity index (χ3n) is 3.45. The minimum Gasteiger partial charge on any atom is -0.383 e. The summed E-state index contributed by atoms with van der Waals surface area (Å²) in [7, 11) is -2.28. The smallest absolute Gasteiger partial charge is 0.255 e. The molecule has 0 unspecified atom stereocenters. The Balaban J connectivity index is 2.20. The highest BCUT2D eigenvalue weighted by Crippen LogP contribution is 2.18. The second-order valence-electron chi connectivity index (χ2n) is 5.33. The zero-order valence-electron chi connectivity index (χ0n) is 13.9. The van der Waals surface area contributed by atoms with Gasteiger partial charge >= 0.3 is 0 Å². The molecule has 1 amide bonds. The lowest BCUT2D eigenvalue weighted by atomic mass is 10.1. The fraction of sp³-hybridized carbons (Fsp3) is 0.235. The van der Waals surface area contributed by atoms with Gasteiger partial charge in [0.2, 0.25) is 10.0 Å². The summed E-state index contributed by atoms with van der Waals surface area (Å²) in [5, 5.41) is 2.58. The van der Waals surface area contributed by atoms with E-state index in [2.05, 4.69) is 10.0 Å². The van der Waals surface area contributed by atoms with Crippen molar-refractivity contribution >= 4 is 21.6 Å². The Hall–Kier alpha value is -2.29. The molecule has 0 fully saturated rings. The summed E-state index contributed by atoms with van der Waals surface area (Å²) in [6, 6.07) is 9.66. The Labute approximate surface area is 146 Å². The Morgan fingerprint density at radius 1 is 1.20 bits per heavy atom. The van der Waals surface area contributed by atoms with Crippen molar-refractivity contribution in [2.45, 2.75) is 11.8 Å². The first-order valence-corrected chi connectivity index (χ1v) is 8.98. The van der Waals surface area contributed by atoms with Crippen molar-refractivity contribution in [2.24, 2.45) is 0 Å². The van der Waals surface area contributed by atoms with E-state index in [4.69, 9.17) is 4.74 Å². The second-order valence-corrected chi connectivity index (χ2v) is 7.10. The number of halogens is 1. The predicted octanol–water partition coefficient (Wildman–Crippen LogP) is 2.31. The molecule has 0 saturated carbocycles. The number of carbonyl (C=O) groups is 1. The molecule has 134 valence electrons. The number of aryl methyl sites for hydroxylation is 1. The van der Waals surface area contributed by atoms with Gasteiger partial charge < -0.3 is 10.1 Å². The minimum atomic E-state index is -3.75. The monoisotopic (exact) mass is 366 g/mol. The first kappa shape index (κ1) is 19.0. The summed E-state index contributed by atoms with van der Waals surface area (Å²) in [5.41, 5.74) is 1.18. The number of ether oxygens (including phenoxy) is 1. The van der Waals surface area contributed by atoms with E-state index in [0.29, 0.717) is 11.3 Å². The fourth-order valence-corrected chi connectivity index (χ4v) is 3.15. The molecular formula is C17H19FN2O4S. The number of hydrogen-bond acceptors (Lipinski definition) is 4. The Bertz CT molecular complexity index is 869. The predicted molar refractivity (Wildman–Crippen MR) is 92.6 cm³/mol. The number of carbonyl (C=O) groups excluding carboxylic acids is 1. The van der Waals surface area contributed by atoms with Crippen LogP contribution in [0, 0.1) is 12.7 Å². The number of benzene rings is 2. The van der Waals surface area contributed by atoms with Gasteiger partial charge in [0, 0.05) is 24.9 Å². The summed E-state index contributed by atoms with van der Waals surface area (Å²) < 4.78 is 44.9. The fourth-order valence-electron chi connectivity index (χ4n) is 2.09. The van der Waals surface area contributed by atoms with E-state index in [1.54, 1.807) is 13.0 Å². The molecule has 0 bridgehead atoms. The van der Waals surface area contributed by atoms with Gasteiger partial charge in [-0.25, -0.2) is 17.5 Å². The molecule has 25 heavy (non-hydrogen) atoms. The van der Waals surface area contributed by atoms with Crippen molar-refractivity contribution in [1.82, 2.24) is 4.72 Å². The standard InChI is InChI=1S/C17H19FN2O4S/c1-12-6-7-14(18)11-16(12)20-17(21)13-4-3-5-15(10-13)25(22,23)19-8-9-24-2/h3-7,10-11,19H,8-9H2,1-2H3,(H,20,21). The molecule has 2 aromatic rings. The first-order chi connectivity index (χ1) is 11.8. The van der Waals surface area contributed by atoms with Gasteiger partial charge in [0.1, 0.15) is 5.82 Å². The topological polar surface area (TPSA) is 84.5 Å². The van der Waals surface area contributed by atoms with Crippen molar-refractivity contribution in [3.05, 3.63) is 59.4 Å². The maximum absolute atomic E-state index is 13.3. The van der Waals surface area contributed by atoms with E-state index in [-0.39, 0.29) is 23.6 Å². The highest BCUT2D eigenvalue weighted by atomic mass is 32.2. The maximum atomic E-state index is 13.3. The Kier molecular flexibility index (Phi) is 6.24. The van der Waals surface area contributed by atoms with E-state index in [1.807, 2.05) is 0 Å². The number of rotatable bonds is 7. The summed E-state index contributed by atoms with van der Waals surface area (Å²) in [6.45, 7) is 2.09. The largest absolute Gasteiger partial charge is 0.383 e. The van der Waals surface area contributed by atoms with Crippen LogP contribution in [0.25, 0.3) is 0 Å². The molecule has 0 aliphatic carbocycles. The highest BCUT2D eigenvalue weighted by Gasteiger charge is 2.16. The molecule has 0 heterocycles. The maximum Gasteiger partial charge on any atom is 0.255 e. The van der Waals surface area contributed by atoms with Crippen LogP contribution in [-0.2, 0) is 14.8 Å². The Morgan fingerprint density at radius 2 is 1.96 bits per heavy atom. The van der Waals surface area contributed by atoms with Gasteiger partial charge in [-0.2, -0.15) is 0 Å². The second kappa shape index (κ2) is 8.19. The highest BCUT2D eigenvalue weighted by molar-refractivity contribution is 7.89. The normalized spacial score (nSPS) is 11.3. The van der Waals surface area contributed by atoms with E-state index < -0.39 is 21.7 Å². The number of hydrogen-bond donors (Lipinski definition) is 2. The SMILES string of the molecule is COCCNS(=O)(=O)c1cccc(C(=O)Nc2cc(F)ccc2C)c1. The number of methoxy groups -OCH3 is 1. The molecule has 0 atom stereocenters. The van der Waals surface area contributed by atoms with Crippen molar-refractivity contribution < 1.29 is 22.3 Å². The summed E-state index contributed by atoms with van der Waals surface area (Å²) >= 11 is 0. The van der Waals surface area contributed by atoms with Gasteiger partial charge in [-0.05, 0) is 42.8 Å². The van der Waals surface area contributed by atoms with Crippen LogP contribution < -0.4 is 10.0 Å². The lowest BCUT2D eigenvalue weighted by Gasteiger charge is -2.10. The zero-order chi connectivity index (χ0) is 18.4. The van der Waals surface area contributed by atoms with E-state index in [1.165, 1.54) is 43.5 Å². The van der Waals surface area contributed by atoms with E-state index >= 15 is 0 Å². The number of nitrogens with one attached hydrogen (secondary N) is 2. The molecule has 0 aliphatic rings. The van der Waals surface area contributed by atoms with Crippen LogP contribution in [0.2, 0.25) is 0 Å². The van der Waals surface area contributed by atoms with E-state index in [0.717, 1.165) is 0 Å². The molecule has 0 aromatic heterocycles. The van der Waals surface area contributed by atoms with Crippen LogP contribution >= 0.6 is 0 Å². The molecule has 8 heteroatoms. The quantitative estimate of drug-likeness (QED) is 0.737. The van der Waals surface area contributed by atoms with Crippen LogP contribution in [0.15, 0.2) is 47.4 Å². The summed E-state index contributed by atoms with van der Waals surface area (Å²) in [5.74, 6) is -0.998. The number of amides is 1. The minimum absolute atomic E-state index is 0.0350. The number of sulfonamides is 1. The first-order valence-electron chi connectivity index (χ1n) is 7.49. The van der Waals surface area contributed by atoms with Gasteiger partial charge in [-0.3, -0.25) is 4.79 Å². The van der Waals surface area contributed by atoms with Crippen molar-refractivity contribution in [1.29, 1.82) is 0 Å². The van der Waals surface area contributed by atoms with Gasteiger partial charge in [-0.15, -0.1) is 0 Å². The van der Waals surface area contributed by atoms with Crippen molar-refractivity contribution in [3.8, 4) is 0 Å². The van der Waals surface area contributed by atoms with Crippen molar-refractivity contribution in [3.63, 3.8) is 0 Å². The molecule has 2 N–H and O–H groups in total. The summed E-state index contributed by atoms with van der Waals surface area (Å²) in [4.78, 5) is 12.3. The van der Waals surface area contributed by atoms with Crippen LogP contribution in [-0.4, -0.2) is 34.6 Å². The molecule has 0 saturated heterocycles. The molecule has 0 radical (unpaired) electrons. The Morgan fingerprint density at radius 3 is 2.68 bits per heavy atom. The molecule has 2 rings (SSSR count). The third-order valence-corrected chi connectivity index (χ3v) is 4.91. The van der Waals surface area contributed by atoms with Gasteiger partial charge in [-0.1, -0.05) is 12.1 Å². The van der Waals surface area contributed by atoms with Gasteiger partial charge in [0.25, 0.3) is 5.91 Å². The molecule has 0 spiro atoms. The van der Waals surface area contributed by atoms with Crippen LogP contribution in [0.3, 0.4) is 0 Å². The lowest BCUT2D eigenvalue weighted by molar-refractivity contribution is 0.102. The van der Waals surface area contributed by atoms with Crippen molar-refractivity contribution in [2.75, 3.05) is 25.6 Å². The average molecular weight is 366 g/mol. The van der Waals surface area contributed by atoms with Gasteiger partial charge in [0.15, 0.2) is 0 Å². The molecule has 6 nitrogen and oxygen atoms in total. The lowest BCUT2D eigenvalue weighted by Crippen LogP contribution is -2.27. The van der Waals surface area contributed by atoms with Crippen LogP contribution in [0.4, 0.5) is 10.1 Å². The molecular weight excluding hydrogens is 347 g/mol. The number of anilines is 1. The van der Waals surface area contributed by atoms with Crippen LogP contribution in [0.1, 0.15) is 15.9 Å². The van der Waals surface area contributed by atoms with Gasteiger partial charge in [0.05, 0.1) is 11.5 Å². The summed E-state index contributed by atoms with van der Waals surface area (Å²) in [6.07, 6.45) is 0. The zero-order valence-corrected chi connectivity index (χ0v) is 14.7. The van der Waals surface area contributed by atoms with E-state index in [9.17, 15) is 17.6 Å². The van der Waals surface area contributed by atoms with Crippen LogP contribution in [0.5, 0.6) is 0 Å². The molecule has 2 aromatic carbocycles.